The number of carbonyl (C=O) groups excluding carboxylic acids is 1. The largest absolute Gasteiger partial charge is 0.368 e. The minimum absolute atomic E-state index is 0.0507. The van der Waals surface area contributed by atoms with Gasteiger partial charge in [0.2, 0.25) is 0 Å². The summed E-state index contributed by atoms with van der Waals surface area (Å²) in [7, 11) is 0. The van der Waals surface area contributed by atoms with E-state index in [4.69, 9.17) is 11.6 Å². The van der Waals surface area contributed by atoms with Gasteiger partial charge >= 0.3 is 0 Å². The lowest BCUT2D eigenvalue weighted by Gasteiger charge is -2.35. The molecule has 0 aliphatic carbocycles. The Labute approximate surface area is 165 Å². The SMILES string of the molecule is O=C(c1csc(-c2ccc(Cl)cc2)n1)N1CCN(c2ccc(F)cc2)CC1. The van der Waals surface area contributed by atoms with Crippen LogP contribution >= 0.6 is 22.9 Å². The molecule has 0 atom stereocenters. The number of hydrogen-bond acceptors (Lipinski definition) is 4. The highest BCUT2D eigenvalue weighted by Crippen LogP contribution is 2.26. The van der Waals surface area contributed by atoms with Crippen LogP contribution in [0.4, 0.5) is 10.1 Å². The topological polar surface area (TPSA) is 36.4 Å². The second-order valence-corrected chi connectivity index (χ2v) is 7.59. The molecule has 0 N–H and O–H groups in total. The van der Waals surface area contributed by atoms with Crippen molar-refractivity contribution in [2.45, 2.75) is 0 Å². The summed E-state index contributed by atoms with van der Waals surface area (Å²) in [6.45, 7) is 2.66. The van der Waals surface area contributed by atoms with E-state index in [2.05, 4.69) is 9.88 Å². The fraction of sp³-hybridized carbons (Fsp3) is 0.200. The van der Waals surface area contributed by atoms with Gasteiger partial charge in [-0.05, 0) is 36.4 Å². The molecule has 7 heteroatoms. The molecule has 2 heterocycles. The van der Waals surface area contributed by atoms with Crippen molar-refractivity contribution < 1.29 is 9.18 Å². The third-order valence-electron chi connectivity index (χ3n) is 4.57. The van der Waals surface area contributed by atoms with E-state index < -0.39 is 0 Å². The third-order valence-corrected chi connectivity index (χ3v) is 5.72. The highest BCUT2D eigenvalue weighted by atomic mass is 35.5. The van der Waals surface area contributed by atoms with Crippen LogP contribution < -0.4 is 4.90 Å². The Hall–Kier alpha value is -2.44. The Bertz CT molecular complexity index is 935. The molecule has 3 aromatic rings. The second-order valence-electron chi connectivity index (χ2n) is 6.30. The minimum Gasteiger partial charge on any atom is -0.368 e. The summed E-state index contributed by atoms with van der Waals surface area (Å²) in [6, 6.07) is 13.9. The van der Waals surface area contributed by atoms with Gasteiger partial charge in [0, 0.05) is 47.8 Å². The summed E-state index contributed by atoms with van der Waals surface area (Å²) in [5, 5.41) is 3.28. The number of thiazole rings is 1. The van der Waals surface area contributed by atoms with E-state index in [1.807, 2.05) is 29.2 Å². The average molecular weight is 402 g/mol. The molecule has 1 aliphatic heterocycles. The molecule has 0 radical (unpaired) electrons. The highest BCUT2D eigenvalue weighted by molar-refractivity contribution is 7.13. The van der Waals surface area contributed by atoms with Crippen molar-refractivity contribution in [1.29, 1.82) is 0 Å². The summed E-state index contributed by atoms with van der Waals surface area (Å²) in [5.41, 5.74) is 2.40. The van der Waals surface area contributed by atoms with Crippen LogP contribution in [0.5, 0.6) is 0 Å². The quantitative estimate of drug-likeness (QED) is 0.645. The van der Waals surface area contributed by atoms with Crippen LogP contribution in [-0.2, 0) is 0 Å². The molecule has 0 spiro atoms. The first kappa shape index (κ1) is 17.9. The van der Waals surface area contributed by atoms with Gasteiger partial charge in [-0.1, -0.05) is 23.7 Å². The van der Waals surface area contributed by atoms with Gasteiger partial charge in [-0.25, -0.2) is 9.37 Å². The fourth-order valence-corrected chi connectivity index (χ4v) is 4.00. The lowest BCUT2D eigenvalue weighted by molar-refractivity contribution is 0.0742. The Morgan fingerprint density at radius 2 is 1.67 bits per heavy atom. The summed E-state index contributed by atoms with van der Waals surface area (Å²) >= 11 is 7.37. The monoisotopic (exact) mass is 401 g/mol. The van der Waals surface area contributed by atoms with Crippen molar-refractivity contribution >= 4 is 34.5 Å². The van der Waals surface area contributed by atoms with E-state index >= 15 is 0 Å². The zero-order chi connectivity index (χ0) is 18.8. The van der Waals surface area contributed by atoms with Gasteiger partial charge in [-0.15, -0.1) is 11.3 Å². The molecule has 1 amide bonds. The van der Waals surface area contributed by atoms with Crippen LogP contribution in [0.15, 0.2) is 53.9 Å². The van der Waals surface area contributed by atoms with E-state index in [0.717, 1.165) is 16.3 Å². The molecule has 0 bridgehead atoms. The molecule has 1 aliphatic rings. The average Bonchev–Trinajstić information content (AvgIpc) is 3.19. The van der Waals surface area contributed by atoms with Crippen molar-refractivity contribution in [3.8, 4) is 10.6 Å². The van der Waals surface area contributed by atoms with Crippen LogP contribution in [0, 0.1) is 5.82 Å². The molecule has 1 saturated heterocycles. The molecule has 2 aromatic carbocycles. The Morgan fingerprint density at radius 1 is 1.00 bits per heavy atom. The zero-order valence-electron chi connectivity index (χ0n) is 14.4. The summed E-state index contributed by atoms with van der Waals surface area (Å²) in [4.78, 5) is 21.2. The molecule has 4 nitrogen and oxygen atoms in total. The molecule has 0 saturated carbocycles. The number of carbonyl (C=O) groups is 1. The first-order valence-electron chi connectivity index (χ1n) is 8.61. The molecule has 138 valence electrons. The standard InChI is InChI=1S/C20H17ClFN3OS/c21-15-3-1-14(2-4-15)19-23-18(13-27-19)20(26)25-11-9-24(10-12-25)17-7-5-16(22)6-8-17/h1-8,13H,9-12H2. The van der Waals surface area contributed by atoms with Crippen molar-refractivity contribution in [2.75, 3.05) is 31.1 Å². The van der Waals surface area contributed by atoms with E-state index in [1.54, 1.807) is 17.5 Å². The highest BCUT2D eigenvalue weighted by Gasteiger charge is 2.24. The van der Waals surface area contributed by atoms with Crippen LogP contribution in [0.1, 0.15) is 10.5 Å². The van der Waals surface area contributed by atoms with E-state index in [1.165, 1.54) is 23.5 Å². The van der Waals surface area contributed by atoms with E-state index in [0.29, 0.717) is 36.9 Å². The van der Waals surface area contributed by atoms with Gasteiger partial charge < -0.3 is 9.80 Å². The molecule has 1 aromatic heterocycles. The molecule has 0 unspecified atom stereocenters. The van der Waals surface area contributed by atoms with Crippen molar-refractivity contribution in [2.24, 2.45) is 0 Å². The third kappa shape index (κ3) is 3.96. The normalized spacial score (nSPS) is 14.4. The van der Waals surface area contributed by atoms with Crippen molar-refractivity contribution in [3.63, 3.8) is 0 Å². The number of halogens is 2. The summed E-state index contributed by atoms with van der Waals surface area (Å²) in [6.07, 6.45) is 0. The van der Waals surface area contributed by atoms with Crippen molar-refractivity contribution in [1.82, 2.24) is 9.88 Å². The summed E-state index contributed by atoms with van der Waals surface area (Å²) < 4.78 is 13.1. The molecule has 4 rings (SSSR count). The lowest BCUT2D eigenvalue weighted by Crippen LogP contribution is -2.48. The summed E-state index contributed by atoms with van der Waals surface area (Å²) in [5.74, 6) is -0.294. The number of anilines is 1. The first-order chi connectivity index (χ1) is 13.1. The van der Waals surface area contributed by atoms with E-state index in [-0.39, 0.29) is 11.7 Å². The van der Waals surface area contributed by atoms with Gasteiger partial charge in [0.25, 0.3) is 5.91 Å². The number of aromatic nitrogens is 1. The van der Waals surface area contributed by atoms with Crippen LogP contribution in [0.2, 0.25) is 5.02 Å². The minimum atomic E-state index is -0.243. The molecule has 1 fully saturated rings. The smallest absolute Gasteiger partial charge is 0.273 e. The van der Waals surface area contributed by atoms with Crippen molar-refractivity contribution in [3.05, 3.63) is 70.4 Å². The first-order valence-corrected chi connectivity index (χ1v) is 9.87. The zero-order valence-corrected chi connectivity index (χ0v) is 16.0. The Kier molecular flexibility index (Phi) is 5.09. The Balaban J connectivity index is 1.41. The van der Waals surface area contributed by atoms with E-state index in [9.17, 15) is 9.18 Å². The Morgan fingerprint density at radius 3 is 2.33 bits per heavy atom. The van der Waals surface area contributed by atoms with Gasteiger partial charge in [-0.3, -0.25) is 4.79 Å². The van der Waals surface area contributed by atoms with Gasteiger partial charge in [0.05, 0.1) is 0 Å². The van der Waals surface area contributed by atoms with Gasteiger partial charge in [-0.2, -0.15) is 0 Å². The fourth-order valence-electron chi connectivity index (χ4n) is 3.08. The molecule has 27 heavy (non-hydrogen) atoms. The lowest BCUT2D eigenvalue weighted by atomic mass is 10.2. The number of amides is 1. The maximum absolute atomic E-state index is 13.1. The number of piperazine rings is 1. The number of hydrogen-bond donors (Lipinski definition) is 0. The molecular formula is C20H17ClFN3OS. The number of benzene rings is 2. The number of nitrogens with zero attached hydrogens (tertiary/aromatic N) is 3. The predicted octanol–water partition coefficient (Wildman–Crippen LogP) is 4.57. The molecular weight excluding hydrogens is 385 g/mol. The maximum Gasteiger partial charge on any atom is 0.273 e. The number of rotatable bonds is 3. The van der Waals surface area contributed by atoms with Gasteiger partial charge in [0.15, 0.2) is 0 Å². The van der Waals surface area contributed by atoms with Crippen LogP contribution in [0.3, 0.4) is 0 Å². The predicted molar refractivity (Wildman–Crippen MR) is 107 cm³/mol. The van der Waals surface area contributed by atoms with Crippen LogP contribution in [-0.4, -0.2) is 42.0 Å². The van der Waals surface area contributed by atoms with Crippen LogP contribution in [0.25, 0.3) is 10.6 Å². The maximum atomic E-state index is 13.1. The van der Waals surface area contributed by atoms with Gasteiger partial charge in [0.1, 0.15) is 16.5 Å². The second kappa shape index (κ2) is 7.66.